The van der Waals surface area contributed by atoms with Crippen molar-refractivity contribution < 1.29 is 14.4 Å². The summed E-state index contributed by atoms with van der Waals surface area (Å²) in [5, 5.41) is 2.96. The molecule has 0 aromatic heterocycles. The highest BCUT2D eigenvalue weighted by Gasteiger charge is 2.59. The van der Waals surface area contributed by atoms with E-state index in [0.29, 0.717) is 16.9 Å². The first-order valence-electron chi connectivity index (χ1n) is 8.95. The van der Waals surface area contributed by atoms with Crippen LogP contribution in [0.2, 0.25) is 0 Å². The Morgan fingerprint density at radius 1 is 1.11 bits per heavy atom. The van der Waals surface area contributed by atoms with Crippen molar-refractivity contribution in [1.29, 1.82) is 0 Å². The quantitative estimate of drug-likeness (QED) is 0.892. The van der Waals surface area contributed by atoms with Crippen molar-refractivity contribution in [2.45, 2.75) is 32.4 Å². The molecule has 1 N–H and O–H groups in total. The van der Waals surface area contributed by atoms with Crippen molar-refractivity contribution in [3.63, 3.8) is 0 Å². The van der Waals surface area contributed by atoms with Crippen molar-refractivity contribution in [1.82, 2.24) is 4.90 Å². The van der Waals surface area contributed by atoms with Crippen LogP contribution in [0.1, 0.15) is 34.3 Å². The number of anilines is 2. The molecule has 2 heterocycles. The first kappa shape index (κ1) is 17.3. The summed E-state index contributed by atoms with van der Waals surface area (Å²) in [6.45, 7) is 3.86. The molecule has 1 saturated heterocycles. The first-order chi connectivity index (χ1) is 12.9. The van der Waals surface area contributed by atoms with Gasteiger partial charge in [-0.25, -0.2) is 0 Å². The highest BCUT2D eigenvalue weighted by molar-refractivity contribution is 6.18. The van der Waals surface area contributed by atoms with Crippen LogP contribution in [0.4, 0.5) is 11.4 Å². The maximum absolute atomic E-state index is 13.4. The molecule has 6 heteroatoms. The lowest BCUT2D eigenvalue weighted by Gasteiger charge is -2.47. The zero-order valence-electron chi connectivity index (χ0n) is 15.6. The van der Waals surface area contributed by atoms with Crippen molar-refractivity contribution >= 4 is 29.1 Å². The molecule has 1 atom stereocenters. The van der Waals surface area contributed by atoms with E-state index in [9.17, 15) is 14.4 Å². The van der Waals surface area contributed by atoms with E-state index in [1.54, 1.807) is 31.3 Å². The number of hydrogen-bond donors (Lipinski definition) is 1. The van der Waals surface area contributed by atoms with Crippen molar-refractivity contribution in [3.05, 3.63) is 59.2 Å². The molecule has 0 saturated carbocycles. The third-order valence-corrected chi connectivity index (χ3v) is 5.55. The van der Waals surface area contributed by atoms with Crippen molar-refractivity contribution in [3.8, 4) is 0 Å². The maximum atomic E-state index is 13.4. The summed E-state index contributed by atoms with van der Waals surface area (Å²) >= 11 is 0. The molecule has 138 valence electrons. The number of carbonyl (C=O) groups is 3. The predicted molar refractivity (Wildman–Crippen MR) is 103 cm³/mol. The molecular weight excluding hydrogens is 342 g/mol. The fraction of sp³-hybridized carbons (Fsp3) is 0.286. The van der Waals surface area contributed by atoms with E-state index in [1.807, 2.05) is 32.0 Å². The number of fused-ring (bicyclic) bond motifs is 3. The van der Waals surface area contributed by atoms with Crippen LogP contribution in [-0.2, 0) is 9.59 Å². The van der Waals surface area contributed by atoms with E-state index in [0.717, 1.165) is 11.1 Å². The van der Waals surface area contributed by atoms with E-state index in [4.69, 9.17) is 0 Å². The zero-order valence-corrected chi connectivity index (χ0v) is 15.6. The number of rotatable bonds is 2. The second kappa shape index (κ2) is 5.94. The van der Waals surface area contributed by atoms with Crippen LogP contribution >= 0.6 is 0 Å². The highest BCUT2D eigenvalue weighted by Crippen LogP contribution is 2.44. The fourth-order valence-electron chi connectivity index (χ4n) is 4.02. The van der Waals surface area contributed by atoms with Gasteiger partial charge in [-0.15, -0.1) is 0 Å². The second-order valence-corrected chi connectivity index (χ2v) is 7.20. The number of carbonyl (C=O) groups excluding carboxylic acids is 3. The molecule has 2 aromatic rings. The molecule has 0 aliphatic carbocycles. The van der Waals surface area contributed by atoms with Crippen LogP contribution < -0.4 is 10.2 Å². The van der Waals surface area contributed by atoms with Gasteiger partial charge in [0, 0.05) is 25.6 Å². The smallest absolute Gasteiger partial charge is 0.271 e. The minimum Gasteiger partial charge on any atom is -0.322 e. The van der Waals surface area contributed by atoms with Gasteiger partial charge in [0.2, 0.25) is 11.6 Å². The van der Waals surface area contributed by atoms with Gasteiger partial charge in [-0.3, -0.25) is 19.3 Å². The van der Waals surface area contributed by atoms with Crippen LogP contribution in [-0.4, -0.2) is 35.3 Å². The molecule has 0 bridgehead atoms. The summed E-state index contributed by atoms with van der Waals surface area (Å²) < 4.78 is 0. The maximum Gasteiger partial charge on any atom is 0.271 e. The Bertz CT molecular complexity index is 984. The minimum absolute atomic E-state index is 0.155. The summed E-state index contributed by atoms with van der Waals surface area (Å²) in [7, 11) is 1.59. The molecule has 0 unspecified atom stereocenters. The SMILES string of the molecule is Cc1ccc(C)c(NC(=O)[C@@]23CCC(=O)N2c2ccccc2C(=O)N3C)c1. The Morgan fingerprint density at radius 3 is 2.63 bits per heavy atom. The third kappa shape index (κ3) is 2.36. The Balaban J connectivity index is 1.82. The lowest BCUT2D eigenvalue weighted by molar-refractivity contribution is -0.128. The van der Waals surface area contributed by atoms with Gasteiger partial charge in [0.1, 0.15) is 0 Å². The van der Waals surface area contributed by atoms with Gasteiger partial charge >= 0.3 is 0 Å². The van der Waals surface area contributed by atoms with Gasteiger partial charge in [-0.05, 0) is 43.2 Å². The molecule has 27 heavy (non-hydrogen) atoms. The Morgan fingerprint density at radius 2 is 1.85 bits per heavy atom. The average Bonchev–Trinajstić information content (AvgIpc) is 3.01. The lowest BCUT2D eigenvalue weighted by Crippen LogP contribution is -2.68. The predicted octanol–water partition coefficient (Wildman–Crippen LogP) is 2.85. The van der Waals surface area contributed by atoms with Crippen LogP contribution in [0.5, 0.6) is 0 Å². The van der Waals surface area contributed by atoms with E-state index in [2.05, 4.69) is 5.32 Å². The number of para-hydroxylation sites is 1. The molecule has 2 aliphatic rings. The Hall–Kier alpha value is -3.15. The monoisotopic (exact) mass is 363 g/mol. The van der Waals surface area contributed by atoms with Crippen LogP contribution in [0.3, 0.4) is 0 Å². The number of hydrogen-bond acceptors (Lipinski definition) is 3. The summed E-state index contributed by atoms with van der Waals surface area (Å²) in [6.07, 6.45) is 0.477. The van der Waals surface area contributed by atoms with Gasteiger partial charge in [0.25, 0.3) is 11.8 Å². The first-order valence-corrected chi connectivity index (χ1v) is 8.95. The van der Waals surface area contributed by atoms with Gasteiger partial charge in [0.05, 0.1) is 11.3 Å². The largest absolute Gasteiger partial charge is 0.322 e. The van der Waals surface area contributed by atoms with Gasteiger partial charge < -0.3 is 10.2 Å². The molecule has 6 nitrogen and oxygen atoms in total. The number of amides is 3. The number of likely N-dealkylation sites (N-methyl/N-ethyl adjacent to an activating group) is 1. The molecule has 0 radical (unpaired) electrons. The number of benzene rings is 2. The summed E-state index contributed by atoms with van der Waals surface area (Å²) in [6, 6.07) is 12.7. The zero-order chi connectivity index (χ0) is 19.3. The average molecular weight is 363 g/mol. The third-order valence-electron chi connectivity index (χ3n) is 5.55. The summed E-state index contributed by atoms with van der Waals surface area (Å²) in [5.74, 6) is -0.780. The lowest BCUT2D eigenvalue weighted by atomic mass is 9.96. The minimum atomic E-state index is -1.35. The molecule has 0 spiro atoms. The van der Waals surface area contributed by atoms with Gasteiger partial charge in [0.15, 0.2) is 0 Å². The Kier molecular flexibility index (Phi) is 3.80. The van der Waals surface area contributed by atoms with E-state index < -0.39 is 5.66 Å². The molecule has 4 rings (SSSR count). The normalized spacial score (nSPS) is 21.1. The van der Waals surface area contributed by atoms with E-state index in [-0.39, 0.29) is 30.6 Å². The molecule has 2 aliphatic heterocycles. The standard InChI is InChI=1S/C21H21N3O3/c1-13-8-9-14(2)16(12-13)22-20(27)21-11-10-18(25)24(21)17-7-5-4-6-15(17)19(26)23(21)3/h4-9,12H,10-11H2,1-3H3,(H,22,27)/t21-/m1/s1. The van der Waals surface area contributed by atoms with Crippen LogP contribution in [0.15, 0.2) is 42.5 Å². The van der Waals surface area contributed by atoms with Crippen molar-refractivity contribution in [2.24, 2.45) is 0 Å². The number of nitrogens with one attached hydrogen (secondary N) is 1. The summed E-state index contributed by atoms with van der Waals surface area (Å²) in [5.41, 5.74) is 2.22. The molecule has 1 fully saturated rings. The summed E-state index contributed by atoms with van der Waals surface area (Å²) in [4.78, 5) is 42.0. The highest BCUT2D eigenvalue weighted by atomic mass is 16.2. The molecule has 2 aromatic carbocycles. The fourth-order valence-corrected chi connectivity index (χ4v) is 4.02. The second-order valence-electron chi connectivity index (χ2n) is 7.20. The van der Waals surface area contributed by atoms with Crippen LogP contribution in [0, 0.1) is 13.8 Å². The van der Waals surface area contributed by atoms with E-state index in [1.165, 1.54) is 9.80 Å². The van der Waals surface area contributed by atoms with E-state index >= 15 is 0 Å². The topological polar surface area (TPSA) is 69.7 Å². The van der Waals surface area contributed by atoms with Gasteiger partial charge in [-0.1, -0.05) is 24.3 Å². The van der Waals surface area contributed by atoms with Crippen molar-refractivity contribution in [2.75, 3.05) is 17.3 Å². The van der Waals surface area contributed by atoms with Crippen LogP contribution in [0.25, 0.3) is 0 Å². The molecular formula is C21H21N3O3. The number of aryl methyl sites for hydroxylation is 2. The molecule has 3 amide bonds. The Labute approximate surface area is 157 Å². The van der Waals surface area contributed by atoms with Gasteiger partial charge in [-0.2, -0.15) is 0 Å². The number of nitrogens with zero attached hydrogens (tertiary/aromatic N) is 2.